The molecule has 0 radical (unpaired) electrons. The summed E-state index contributed by atoms with van der Waals surface area (Å²) in [6.45, 7) is 3.83. The Hall–Kier alpha value is -1.42. The Kier molecular flexibility index (Phi) is 5.10. The summed E-state index contributed by atoms with van der Waals surface area (Å²) in [5.74, 6) is -0.536. The molecule has 1 amide bonds. The Labute approximate surface area is 107 Å². The van der Waals surface area contributed by atoms with E-state index in [1.54, 1.807) is 0 Å². The number of hydrogen-bond acceptors (Lipinski definition) is 2. The standard InChI is InChI=1S/C13H18N2OS/c1-9(2)15-13(16)11(12(14)17)8-10-6-4-3-5-7-10/h3-7,9,11H,8H2,1-2H3,(H2,14,17)(H,15,16). The molecule has 1 aromatic rings. The third kappa shape index (κ3) is 4.53. The first-order valence-electron chi connectivity index (χ1n) is 5.64. The zero-order chi connectivity index (χ0) is 12.8. The van der Waals surface area contributed by atoms with E-state index in [0.717, 1.165) is 5.56 Å². The second-order valence-electron chi connectivity index (χ2n) is 4.31. The van der Waals surface area contributed by atoms with E-state index in [-0.39, 0.29) is 16.9 Å². The van der Waals surface area contributed by atoms with E-state index in [2.05, 4.69) is 5.32 Å². The molecule has 4 heteroatoms. The van der Waals surface area contributed by atoms with Gasteiger partial charge in [0.1, 0.15) is 0 Å². The number of carbonyl (C=O) groups excluding carboxylic acids is 1. The molecule has 3 nitrogen and oxygen atoms in total. The Morgan fingerprint density at radius 1 is 1.35 bits per heavy atom. The molecular formula is C13H18N2OS. The molecule has 0 saturated heterocycles. The van der Waals surface area contributed by atoms with Crippen molar-refractivity contribution in [1.29, 1.82) is 0 Å². The number of nitrogens with two attached hydrogens (primary N) is 1. The number of amides is 1. The van der Waals surface area contributed by atoms with Crippen molar-refractivity contribution in [1.82, 2.24) is 5.32 Å². The van der Waals surface area contributed by atoms with E-state index in [0.29, 0.717) is 6.42 Å². The summed E-state index contributed by atoms with van der Waals surface area (Å²) >= 11 is 4.96. The van der Waals surface area contributed by atoms with Gasteiger partial charge in [-0.1, -0.05) is 42.5 Å². The lowest BCUT2D eigenvalue weighted by Gasteiger charge is -2.17. The van der Waals surface area contributed by atoms with Gasteiger partial charge in [0.05, 0.1) is 10.9 Å². The lowest BCUT2D eigenvalue weighted by molar-refractivity contribution is -0.123. The molecular weight excluding hydrogens is 232 g/mol. The van der Waals surface area contributed by atoms with Gasteiger partial charge in [0, 0.05) is 6.04 Å². The minimum atomic E-state index is -0.435. The molecule has 0 aliphatic carbocycles. The van der Waals surface area contributed by atoms with Crippen LogP contribution in [0.1, 0.15) is 19.4 Å². The third-order valence-electron chi connectivity index (χ3n) is 2.37. The number of benzene rings is 1. The van der Waals surface area contributed by atoms with Crippen LogP contribution in [0.4, 0.5) is 0 Å². The van der Waals surface area contributed by atoms with Crippen LogP contribution < -0.4 is 11.1 Å². The van der Waals surface area contributed by atoms with E-state index in [1.165, 1.54) is 0 Å². The molecule has 1 atom stereocenters. The SMILES string of the molecule is CC(C)NC(=O)C(Cc1ccccc1)C(N)=S. The molecule has 1 unspecified atom stereocenters. The quantitative estimate of drug-likeness (QED) is 0.781. The van der Waals surface area contributed by atoms with Gasteiger partial charge in [0.25, 0.3) is 0 Å². The molecule has 0 heterocycles. The van der Waals surface area contributed by atoms with E-state index in [4.69, 9.17) is 18.0 Å². The highest BCUT2D eigenvalue weighted by atomic mass is 32.1. The molecule has 0 spiro atoms. The average Bonchev–Trinajstić information content (AvgIpc) is 2.25. The van der Waals surface area contributed by atoms with Crippen molar-refractivity contribution in [3.8, 4) is 0 Å². The number of thiocarbonyl (C=S) groups is 1. The average molecular weight is 250 g/mol. The van der Waals surface area contributed by atoms with Crippen molar-refractivity contribution in [2.24, 2.45) is 11.7 Å². The van der Waals surface area contributed by atoms with E-state index in [9.17, 15) is 4.79 Å². The van der Waals surface area contributed by atoms with Crippen LogP contribution in [0.3, 0.4) is 0 Å². The van der Waals surface area contributed by atoms with Crippen molar-refractivity contribution in [2.75, 3.05) is 0 Å². The molecule has 1 rings (SSSR count). The fourth-order valence-electron chi connectivity index (χ4n) is 1.56. The second kappa shape index (κ2) is 6.35. The van der Waals surface area contributed by atoms with Crippen molar-refractivity contribution in [3.63, 3.8) is 0 Å². The molecule has 3 N–H and O–H groups in total. The van der Waals surface area contributed by atoms with Crippen LogP contribution in [-0.2, 0) is 11.2 Å². The summed E-state index contributed by atoms with van der Waals surface area (Å²) < 4.78 is 0. The fraction of sp³-hybridized carbons (Fsp3) is 0.385. The van der Waals surface area contributed by atoms with Crippen LogP contribution >= 0.6 is 12.2 Å². The summed E-state index contributed by atoms with van der Waals surface area (Å²) in [7, 11) is 0. The van der Waals surface area contributed by atoms with Gasteiger partial charge in [0.15, 0.2) is 0 Å². The summed E-state index contributed by atoms with van der Waals surface area (Å²) in [5, 5.41) is 2.84. The number of carbonyl (C=O) groups is 1. The van der Waals surface area contributed by atoms with E-state index >= 15 is 0 Å². The Bertz CT molecular complexity index is 390. The maximum Gasteiger partial charge on any atom is 0.230 e. The summed E-state index contributed by atoms with van der Waals surface area (Å²) in [6.07, 6.45) is 0.550. The predicted molar refractivity (Wildman–Crippen MR) is 73.7 cm³/mol. The van der Waals surface area contributed by atoms with Crippen LogP contribution in [0.15, 0.2) is 30.3 Å². The summed E-state index contributed by atoms with van der Waals surface area (Å²) in [5.41, 5.74) is 6.69. The van der Waals surface area contributed by atoms with Gasteiger partial charge in [0.2, 0.25) is 5.91 Å². The minimum absolute atomic E-state index is 0.0927. The highest BCUT2D eigenvalue weighted by molar-refractivity contribution is 7.80. The molecule has 0 aromatic heterocycles. The van der Waals surface area contributed by atoms with E-state index in [1.807, 2.05) is 44.2 Å². The third-order valence-corrected chi connectivity index (χ3v) is 2.66. The molecule has 17 heavy (non-hydrogen) atoms. The molecule has 0 fully saturated rings. The van der Waals surface area contributed by atoms with Crippen LogP contribution in [0, 0.1) is 5.92 Å². The Morgan fingerprint density at radius 2 is 1.94 bits per heavy atom. The fourth-order valence-corrected chi connectivity index (χ4v) is 1.75. The second-order valence-corrected chi connectivity index (χ2v) is 4.78. The van der Waals surface area contributed by atoms with Gasteiger partial charge in [-0.15, -0.1) is 0 Å². The highest BCUT2D eigenvalue weighted by Gasteiger charge is 2.22. The van der Waals surface area contributed by atoms with Gasteiger partial charge in [-0.3, -0.25) is 4.79 Å². The smallest absolute Gasteiger partial charge is 0.230 e. The molecule has 0 aliphatic rings. The number of hydrogen-bond donors (Lipinski definition) is 2. The zero-order valence-electron chi connectivity index (χ0n) is 10.1. The lowest BCUT2D eigenvalue weighted by Crippen LogP contribution is -2.41. The summed E-state index contributed by atoms with van der Waals surface area (Å²) in [4.78, 5) is 12.2. The predicted octanol–water partition coefficient (Wildman–Crippen LogP) is 1.66. The monoisotopic (exact) mass is 250 g/mol. The zero-order valence-corrected chi connectivity index (χ0v) is 11.0. The first-order chi connectivity index (χ1) is 8.00. The van der Waals surface area contributed by atoms with Crippen molar-refractivity contribution in [2.45, 2.75) is 26.3 Å². The first-order valence-corrected chi connectivity index (χ1v) is 6.05. The van der Waals surface area contributed by atoms with Crippen LogP contribution in [0.2, 0.25) is 0 Å². The highest BCUT2D eigenvalue weighted by Crippen LogP contribution is 2.10. The lowest BCUT2D eigenvalue weighted by atomic mass is 9.98. The Morgan fingerprint density at radius 3 is 2.41 bits per heavy atom. The van der Waals surface area contributed by atoms with Crippen LogP contribution in [0.5, 0.6) is 0 Å². The molecule has 0 aliphatic heterocycles. The molecule has 0 saturated carbocycles. The van der Waals surface area contributed by atoms with Gasteiger partial charge in [-0.2, -0.15) is 0 Å². The normalized spacial score (nSPS) is 12.2. The van der Waals surface area contributed by atoms with Gasteiger partial charge in [-0.05, 0) is 25.8 Å². The summed E-state index contributed by atoms with van der Waals surface area (Å²) in [6, 6.07) is 9.84. The van der Waals surface area contributed by atoms with Gasteiger partial charge in [-0.25, -0.2) is 0 Å². The topological polar surface area (TPSA) is 55.1 Å². The van der Waals surface area contributed by atoms with Crippen molar-refractivity contribution in [3.05, 3.63) is 35.9 Å². The molecule has 1 aromatic carbocycles. The van der Waals surface area contributed by atoms with Crippen LogP contribution in [-0.4, -0.2) is 16.9 Å². The van der Waals surface area contributed by atoms with Gasteiger partial charge < -0.3 is 11.1 Å². The molecule has 92 valence electrons. The minimum Gasteiger partial charge on any atom is -0.393 e. The van der Waals surface area contributed by atoms with Gasteiger partial charge >= 0.3 is 0 Å². The maximum atomic E-state index is 11.9. The molecule has 0 bridgehead atoms. The largest absolute Gasteiger partial charge is 0.393 e. The van der Waals surface area contributed by atoms with E-state index < -0.39 is 5.92 Å². The Balaban J connectivity index is 2.74. The maximum absolute atomic E-state index is 11.9. The van der Waals surface area contributed by atoms with Crippen molar-refractivity contribution >= 4 is 23.1 Å². The van der Waals surface area contributed by atoms with Crippen LogP contribution in [0.25, 0.3) is 0 Å². The first kappa shape index (κ1) is 13.6. The number of rotatable bonds is 5. The van der Waals surface area contributed by atoms with Crippen molar-refractivity contribution < 1.29 is 4.79 Å². The number of nitrogens with one attached hydrogen (secondary N) is 1.